The van der Waals surface area contributed by atoms with Gasteiger partial charge in [-0.15, -0.1) is 15.1 Å². The molecular formula is C27H46P2. The van der Waals surface area contributed by atoms with E-state index in [9.17, 15) is 0 Å². The van der Waals surface area contributed by atoms with Gasteiger partial charge in [-0.2, -0.15) is 0 Å². The summed E-state index contributed by atoms with van der Waals surface area (Å²) in [6.45, 7) is 19.1. The fraction of sp³-hybridized carbons (Fsp3) is 0.704. The third-order valence-corrected chi connectivity index (χ3v) is 13.4. The predicted octanol–water partition coefficient (Wildman–Crippen LogP) is 9.25. The van der Waals surface area contributed by atoms with E-state index in [0.717, 1.165) is 0 Å². The third kappa shape index (κ3) is 4.75. The zero-order valence-electron chi connectivity index (χ0n) is 20.7. The van der Waals surface area contributed by atoms with Crippen LogP contribution in [0, 0.1) is 0 Å². The highest BCUT2D eigenvalue weighted by atomic mass is 31.1. The molecule has 0 fully saturated rings. The van der Waals surface area contributed by atoms with Gasteiger partial charge in [0.05, 0.1) is 0 Å². The van der Waals surface area contributed by atoms with Gasteiger partial charge in [0.15, 0.2) is 0 Å². The first-order chi connectivity index (χ1) is 14.1. The van der Waals surface area contributed by atoms with E-state index in [2.05, 4.69) is 55.4 Å². The van der Waals surface area contributed by atoms with Gasteiger partial charge in [-0.05, 0) is 114 Å². The van der Waals surface area contributed by atoms with Crippen LogP contribution in [0.5, 0.6) is 0 Å². The number of hydrogen-bond acceptors (Lipinski definition) is 0. The Morgan fingerprint density at radius 3 is 0.793 bits per heavy atom. The molecule has 0 spiro atoms. The molecule has 0 aliphatic heterocycles. The van der Waals surface area contributed by atoms with Crippen molar-refractivity contribution in [2.45, 2.75) is 126 Å². The van der Waals surface area contributed by atoms with Gasteiger partial charge in [0.25, 0.3) is 0 Å². The van der Waals surface area contributed by atoms with E-state index < -0.39 is 0 Å². The minimum atomic E-state index is -0.0116. The summed E-state index contributed by atoms with van der Waals surface area (Å²) in [4.78, 5) is 0. The van der Waals surface area contributed by atoms with Crippen molar-refractivity contribution in [1.29, 1.82) is 0 Å². The van der Waals surface area contributed by atoms with Crippen molar-refractivity contribution in [3.8, 4) is 0 Å². The van der Waals surface area contributed by atoms with Crippen LogP contribution in [0.1, 0.15) is 105 Å². The number of hydrogen-bond donors (Lipinski definition) is 0. The molecule has 2 rings (SSSR count). The first kappa shape index (κ1) is 24.8. The molecule has 0 nitrogen and oxygen atoms in total. The monoisotopic (exact) mass is 432 g/mol. The Morgan fingerprint density at radius 1 is 0.379 bits per heavy atom. The van der Waals surface area contributed by atoms with Crippen LogP contribution in [0.2, 0.25) is 0 Å². The highest BCUT2D eigenvalue weighted by Crippen LogP contribution is 2.52. The fourth-order valence-corrected chi connectivity index (χ4v) is 12.8. The van der Waals surface area contributed by atoms with Gasteiger partial charge in [-0.3, -0.25) is 0 Å². The molecule has 0 unspecified atom stereocenters. The quantitative estimate of drug-likeness (QED) is 0.313. The molecule has 0 radical (unpaired) electrons. The van der Waals surface area contributed by atoms with Crippen molar-refractivity contribution in [3.05, 3.63) is 43.4 Å². The topological polar surface area (TPSA) is 0 Å². The Labute approximate surface area is 184 Å². The van der Waals surface area contributed by atoms with Crippen molar-refractivity contribution in [1.82, 2.24) is 0 Å². The minimum Gasteiger partial charge on any atom is -0.118 e. The summed E-state index contributed by atoms with van der Waals surface area (Å²) < 4.78 is 0. The summed E-state index contributed by atoms with van der Waals surface area (Å²) in [6.07, 6.45) is 14.4. The molecule has 0 aliphatic rings. The van der Waals surface area contributed by atoms with Gasteiger partial charge >= 0.3 is 0 Å². The van der Waals surface area contributed by atoms with Crippen molar-refractivity contribution >= 4 is 15.1 Å². The van der Waals surface area contributed by atoms with Gasteiger partial charge in [-0.25, -0.2) is 0 Å². The Balaban J connectivity index is 2.36. The zero-order valence-corrected chi connectivity index (χ0v) is 22.5. The highest BCUT2D eigenvalue weighted by molar-refractivity contribution is 7.51. The molecule has 2 aromatic rings. The van der Waals surface area contributed by atoms with Crippen LogP contribution >= 0.6 is 15.1 Å². The van der Waals surface area contributed by atoms with Crippen molar-refractivity contribution in [3.63, 3.8) is 0 Å². The van der Waals surface area contributed by atoms with Gasteiger partial charge in [0.2, 0.25) is 0 Å². The molecule has 2 heterocycles. The van der Waals surface area contributed by atoms with E-state index in [1.807, 2.05) is 21.2 Å². The molecule has 0 saturated heterocycles. The second-order valence-electron chi connectivity index (χ2n) is 8.19. The summed E-state index contributed by atoms with van der Waals surface area (Å²) in [5.41, 5.74) is 7.03. The van der Waals surface area contributed by atoms with Crippen LogP contribution in [-0.4, -0.2) is 0 Å². The normalized spacial score (nSPS) is 11.6. The molecule has 0 bridgehead atoms. The average molecular weight is 433 g/mol. The molecular weight excluding hydrogens is 386 g/mol. The standard InChI is InChI=1S/C27H46P2/c1-9-20-21(10-2)25(14-6)28(24(20)13-5)18-17-19-29-26(15-7)22(11-3)23(12-4)27(29)16-8/h9-19H2,1-8H3. The zero-order chi connectivity index (χ0) is 21.6. The van der Waals surface area contributed by atoms with Crippen LogP contribution in [0.3, 0.4) is 0 Å². The number of rotatable bonds is 12. The van der Waals surface area contributed by atoms with E-state index in [4.69, 9.17) is 0 Å². The lowest BCUT2D eigenvalue weighted by atomic mass is 10.0. The molecule has 0 amide bonds. The lowest BCUT2D eigenvalue weighted by Gasteiger charge is -2.12. The molecule has 164 valence electrons. The second kappa shape index (κ2) is 11.8. The smallest absolute Gasteiger partial charge is 0.0130 e. The largest absolute Gasteiger partial charge is 0.118 e. The third-order valence-electron chi connectivity index (χ3n) is 6.94. The molecule has 29 heavy (non-hydrogen) atoms. The predicted molar refractivity (Wildman–Crippen MR) is 138 cm³/mol. The molecule has 0 N–H and O–H groups in total. The molecule has 0 atom stereocenters. The first-order valence-electron chi connectivity index (χ1n) is 12.5. The Hall–Kier alpha value is -0.440. The fourth-order valence-electron chi connectivity index (χ4n) is 5.89. The van der Waals surface area contributed by atoms with Crippen molar-refractivity contribution in [2.75, 3.05) is 0 Å². The van der Waals surface area contributed by atoms with Gasteiger partial charge in [0, 0.05) is 0 Å². The lowest BCUT2D eigenvalue weighted by Crippen LogP contribution is -1.91. The molecule has 0 aliphatic carbocycles. The van der Waals surface area contributed by atoms with E-state index in [1.54, 1.807) is 22.3 Å². The van der Waals surface area contributed by atoms with Crippen molar-refractivity contribution in [2.24, 2.45) is 0 Å². The Bertz CT molecular complexity index is 663. The van der Waals surface area contributed by atoms with E-state index in [-0.39, 0.29) is 15.1 Å². The molecule has 0 saturated carbocycles. The minimum absolute atomic E-state index is 0.0116. The summed E-state index contributed by atoms with van der Waals surface area (Å²) in [6, 6.07) is 0. The summed E-state index contributed by atoms with van der Waals surface area (Å²) in [7, 11) is -0.0233. The molecule has 2 heteroatoms. The SMILES string of the molecule is CCc1c(CC)c(CC)p(CCCp2c(CC)c(CC)c(CC)c2CC)c1CC. The molecule has 2 aromatic heterocycles. The summed E-state index contributed by atoms with van der Waals surface area (Å²) in [5.74, 6) is 0. The maximum atomic E-state index is 2.41. The first-order valence-corrected chi connectivity index (χ1v) is 15.6. The van der Waals surface area contributed by atoms with Gasteiger partial charge in [-0.1, -0.05) is 55.4 Å². The maximum absolute atomic E-state index is 2.41. The van der Waals surface area contributed by atoms with Crippen LogP contribution in [-0.2, 0) is 63.7 Å². The van der Waals surface area contributed by atoms with E-state index >= 15 is 0 Å². The summed E-state index contributed by atoms with van der Waals surface area (Å²) >= 11 is 0. The highest BCUT2D eigenvalue weighted by Gasteiger charge is 2.21. The summed E-state index contributed by atoms with van der Waals surface area (Å²) in [5, 5.41) is 7.43. The van der Waals surface area contributed by atoms with E-state index in [1.165, 1.54) is 70.1 Å². The van der Waals surface area contributed by atoms with Crippen LogP contribution in [0.15, 0.2) is 0 Å². The second-order valence-corrected chi connectivity index (χ2v) is 13.0. The Kier molecular flexibility index (Phi) is 10.1. The van der Waals surface area contributed by atoms with Crippen LogP contribution < -0.4 is 0 Å². The average Bonchev–Trinajstić information content (AvgIpc) is 3.22. The van der Waals surface area contributed by atoms with E-state index in [0.29, 0.717) is 0 Å². The Morgan fingerprint density at radius 2 is 0.621 bits per heavy atom. The van der Waals surface area contributed by atoms with Crippen molar-refractivity contribution < 1.29 is 0 Å². The van der Waals surface area contributed by atoms with Gasteiger partial charge < -0.3 is 0 Å². The maximum Gasteiger partial charge on any atom is -0.0130 e. The lowest BCUT2D eigenvalue weighted by molar-refractivity contribution is 0.971. The van der Waals surface area contributed by atoms with Crippen LogP contribution in [0.4, 0.5) is 0 Å². The van der Waals surface area contributed by atoms with Crippen LogP contribution in [0.25, 0.3) is 0 Å². The molecule has 0 aromatic carbocycles. The van der Waals surface area contributed by atoms with Gasteiger partial charge in [0.1, 0.15) is 0 Å².